The van der Waals surface area contributed by atoms with Crippen LogP contribution in [0, 0.1) is 0 Å². The molecule has 2 heterocycles. The molecule has 4 rings (SSSR count). The molecule has 1 amide bonds. The first-order valence-electron chi connectivity index (χ1n) is 11.2. The lowest BCUT2D eigenvalue weighted by Gasteiger charge is -2.18. The van der Waals surface area contributed by atoms with Gasteiger partial charge in [0.1, 0.15) is 12.4 Å². The van der Waals surface area contributed by atoms with Crippen LogP contribution in [0.3, 0.4) is 0 Å². The third kappa shape index (κ3) is 4.49. The number of hydrogen-bond donors (Lipinski definition) is 1. The number of likely N-dealkylation sites (N-methyl/N-ethyl adjacent to an activating group) is 1. The standard InChI is InChI=1S/C25H31N5O/c1-4-24-27-21-9-7-8-10-23(21)30(24)18-25(31)26-20-11-12-22-19(17-20)13-14-29(22)16-15-28(5-2)6-3/h7-14,17H,4-6,15-16,18H2,1-3H3,(H,26,31). The maximum Gasteiger partial charge on any atom is 0.244 e. The predicted octanol–water partition coefficient (Wildman–Crippen LogP) is 4.53. The van der Waals surface area contributed by atoms with Gasteiger partial charge in [0.15, 0.2) is 0 Å². The van der Waals surface area contributed by atoms with Crippen LogP contribution in [0.15, 0.2) is 54.7 Å². The Morgan fingerprint density at radius 1 is 1.03 bits per heavy atom. The lowest BCUT2D eigenvalue weighted by Crippen LogP contribution is -2.26. The first-order chi connectivity index (χ1) is 15.1. The Hall–Kier alpha value is -3.12. The summed E-state index contributed by atoms with van der Waals surface area (Å²) in [6.45, 7) is 10.8. The molecule has 0 radical (unpaired) electrons. The first-order valence-corrected chi connectivity index (χ1v) is 11.2. The van der Waals surface area contributed by atoms with Crippen LogP contribution >= 0.6 is 0 Å². The van der Waals surface area contributed by atoms with E-state index in [4.69, 9.17) is 0 Å². The number of rotatable bonds is 9. The molecule has 0 aliphatic carbocycles. The molecule has 2 aromatic carbocycles. The van der Waals surface area contributed by atoms with Crippen LogP contribution in [0.5, 0.6) is 0 Å². The Balaban J connectivity index is 1.47. The minimum absolute atomic E-state index is 0.0434. The topological polar surface area (TPSA) is 55.1 Å². The zero-order chi connectivity index (χ0) is 21.8. The number of nitrogens with zero attached hydrogens (tertiary/aromatic N) is 4. The van der Waals surface area contributed by atoms with Crippen LogP contribution in [-0.4, -0.2) is 44.6 Å². The van der Waals surface area contributed by atoms with Gasteiger partial charge in [-0.3, -0.25) is 4.79 Å². The van der Waals surface area contributed by atoms with E-state index in [0.29, 0.717) is 0 Å². The molecule has 0 atom stereocenters. The Morgan fingerprint density at radius 3 is 2.61 bits per heavy atom. The molecule has 31 heavy (non-hydrogen) atoms. The van der Waals surface area contributed by atoms with Gasteiger partial charge in [-0.05, 0) is 49.5 Å². The molecule has 0 unspecified atom stereocenters. The SMILES string of the molecule is CCc1nc2ccccc2n1CC(=O)Nc1ccc2c(ccn2CCN(CC)CC)c1. The highest BCUT2D eigenvalue weighted by Crippen LogP contribution is 2.21. The summed E-state index contributed by atoms with van der Waals surface area (Å²) >= 11 is 0. The average molecular weight is 418 g/mol. The van der Waals surface area contributed by atoms with Crippen LogP contribution < -0.4 is 5.32 Å². The molecule has 0 aliphatic heterocycles. The van der Waals surface area contributed by atoms with Crippen LogP contribution in [-0.2, 0) is 24.3 Å². The van der Waals surface area contributed by atoms with Gasteiger partial charge in [-0.15, -0.1) is 0 Å². The fourth-order valence-electron chi connectivity index (χ4n) is 4.18. The van der Waals surface area contributed by atoms with E-state index in [1.165, 1.54) is 5.52 Å². The second kappa shape index (κ2) is 9.35. The van der Waals surface area contributed by atoms with E-state index in [-0.39, 0.29) is 12.5 Å². The van der Waals surface area contributed by atoms with Crippen LogP contribution in [0.2, 0.25) is 0 Å². The van der Waals surface area contributed by atoms with Crippen LogP contribution in [0.4, 0.5) is 5.69 Å². The summed E-state index contributed by atoms with van der Waals surface area (Å²) in [6, 6.07) is 16.2. The largest absolute Gasteiger partial charge is 0.346 e. The van der Waals surface area contributed by atoms with Crippen molar-refractivity contribution in [2.75, 3.05) is 25.0 Å². The summed E-state index contributed by atoms with van der Waals surface area (Å²) in [6.07, 6.45) is 2.92. The molecule has 2 aromatic heterocycles. The number of benzene rings is 2. The van der Waals surface area contributed by atoms with Crippen molar-refractivity contribution in [2.24, 2.45) is 0 Å². The highest BCUT2D eigenvalue weighted by atomic mass is 16.1. The highest BCUT2D eigenvalue weighted by molar-refractivity contribution is 5.94. The average Bonchev–Trinajstić information content (AvgIpc) is 3.35. The molecular weight excluding hydrogens is 386 g/mol. The van der Waals surface area contributed by atoms with Gasteiger partial charge in [0, 0.05) is 42.3 Å². The van der Waals surface area contributed by atoms with Gasteiger partial charge in [0.05, 0.1) is 11.0 Å². The second-order valence-corrected chi connectivity index (χ2v) is 7.81. The summed E-state index contributed by atoms with van der Waals surface area (Å²) in [4.78, 5) is 19.9. The Morgan fingerprint density at radius 2 is 1.84 bits per heavy atom. The highest BCUT2D eigenvalue weighted by Gasteiger charge is 2.13. The second-order valence-electron chi connectivity index (χ2n) is 7.81. The molecule has 0 bridgehead atoms. The number of nitrogens with one attached hydrogen (secondary N) is 1. The van der Waals surface area contributed by atoms with E-state index in [2.05, 4.69) is 58.9 Å². The van der Waals surface area contributed by atoms with Crippen molar-refractivity contribution < 1.29 is 4.79 Å². The minimum Gasteiger partial charge on any atom is -0.346 e. The predicted molar refractivity (Wildman–Crippen MR) is 127 cm³/mol. The minimum atomic E-state index is -0.0434. The van der Waals surface area contributed by atoms with Crippen molar-refractivity contribution in [3.63, 3.8) is 0 Å². The van der Waals surface area contributed by atoms with Gasteiger partial charge < -0.3 is 19.4 Å². The van der Waals surface area contributed by atoms with Gasteiger partial charge >= 0.3 is 0 Å². The third-order valence-electron chi connectivity index (χ3n) is 5.96. The van der Waals surface area contributed by atoms with Crippen molar-refractivity contribution >= 4 is 33.5 Å². The van der Waals surface area contributed by atoms with E-state index in [0.717, 1.165) is 60.5 Å². The molecule has 0 fully saturated rings. The maximum absolute atomic E-state index is 12.8. The Kier molecular flexibility index (Phi) is 6.37. The van der Waals surface area contributed by atoms with Crippen molar-refractivity contribution in [3.8, 4) is 0 Å². The number of amides is 1. The lowest BCUT2D eigenvalue weighted by molar-refractivity contribution is -0.116. The molecule has 1 N–H and O–H groups in total. The summed E-state index contributed by atoms with van der Waals surface area (Å²) in [5.41, 5.74) is 3.94. The van der Waals surface area contributed by atoms with Crippen molar-refractivity contribution in [2.45, 2.75) is 40.3 Å². The number of anilines is 1. The normalized spacial score (nSPS) is 11.6. The number of imidazole rings is 1. The Labute approximate surface area is 183 Å². The Bertz CT molecular complexity index is 1190. The van der Waals surface area contributed by atoms with Crippen molar-refractivity contribution in [1.29, 1.82) is 0 Å². The summed E-state index contributed by atoms with van der Waals surface area (Å²) in [7, 11) is 0. The van der Waals surface area contributed by atoms with Gasteiger partial charge in [-0.2, -0.15) is 0 Å². The molecule has 0 saturated carbocycles. The number of carbonyl (C=O) groups is 1. The van der Waals surface area contributed by atoms with Crippen molar-refractivity contribution in [1.82, 2.24) is 19.0 Å². The monoisotopic (exact) mass is 417 g/mol. The summed E-state index contributed by atoms with van der Waals surface area (Å²) in [5, 5.41) is 4.20. The van der Waals surface area contributed by atoms with Gasteiger partial charge in [-0.1, -0.05) is 32.9 Å². The molecule has 0 spiro atoms. The van der Waals surface area contributed by atoms with E-state index in [9.17, 15) is 4.79 Å². The quantitative estimate of drug-likeness (QED) is 0.435. The third-order valence-corrected chi connectivity index (χ3v) is 5.96. The number of hydrogen-bond acceptors (Lipinski definition) is 3. The molecule has 6 heteroatoms. The number of aromatic nitrogens is 3. The number of para-hydroxylation sites is 2. The van der Waals surface area contributed by atoms with Crippen LogP contribution in [0.1, 0.15) is 26.6 Å². The van der Waals surface area contributed by atoms with Crippen molar-refractivity contribution in [3.05, 3.63) is 60.6 Å². The molecule has 162 valence electrons. The summed E-state index contributed by atoms with van der Waals surface area (Å²) in [5.74, 6) is 0.884. The summed E-state index contributed by atoms with van der Waals surface area (Å²) < 4.78 is 4.29. The maximum atomic E-state index is 12.8. The van der Waals surface area contributed by atoms with E-state index < -0.39 is 0 Å². The van der Waals surface area contributed by atoms with E-state index >= 15 is 0 Å². The number of aryl methyl sites for hydroxylation is 1. The van der Waals surface area contributed by atoms with E-state index in [1.807, 2.05) is 41.0 Å². The van der Waals surface area contributed by atoms with Gasteiger partial charge in [0.2, 0.25) is 5.91 Å². The molecule has 0 saturated heterocycles. The zero-order valence-electron chi connectivity index (χ0n) is 18.6. The first kappa shape index (κ1) is 21.1. The van der Waals surface area contributed by atoms with E-state index in [1.54, 1.807) is 0 Å². The van der Waals surface area contributed by atoms with Crippen LogP contribution in [0.25, 0.3) is 21.9 Å². The molecule has 0 aliphatic rings. The lowest BCUT2D eigenvalue weighted by atomic mass is 10.2. The smallest absolute Gasteiger partial charge is 0.244 e. The number of fused-ring (bicyclic) bond motifs is 2. The van der Waals surface area contributed by atoms with Gasteiger partial charge in [0.25, 0.3) is 0 Å². The van der Waals surface area contributed by atoms with Gasteiger partial charge in [-0.25, -0.2) is 4.98 Å². The molecule has 4 aromatic rings. The fourth-order valence-corrected chi connectivity index (χ4v) is 4.18. The molecule has 6 nitrogen and oxygen atoms in total. The molecular formula is C25H31N5O. The fraction of sp³-hybridized carbons (Fsp3) is 0.360. The zero-order valence-corrected chi connectivity index (χ0v) is 18.6. The number of carbonyl (C=O) groups excluding carboxylic acids is 1.